The standard InChI is InChI=1S/C15H11F3N2O/c16-15(17,18)11-4-6-12(7-5-11)20-14-3-1-2-10(9-21)13(14)8-19/h1-9,19-20H. The molecule has 0 amide bonds. The Bertz CT molecular complexity index is 664. The molecule has 0 unspecified atom stereocenters. The van der Waals surface area contributed by atoms with Crippen molar-refractivity contribution in [3.8, 4) is 0 Å². The summed E-state index contributed by atoms with van der Waals surface area (Å²) in [5.41, 5.74) is 0.903. The summed E-state index contributed by atoms with van der Waals surface area (Å²) in [4.78, 5) is 10.9. The van der Waals surface area contributed by atoms with Gasteiger partial charge in [-0.15, -0.1) is 0 Å². The highest BCUT2D eigenvalue weighted by molar-refractivity contribution is 5.97. The van der Waals surface area contributed by atoms with E-state index in [9.17, 15) is 18.0 Å². The smallest absolute Gasteiger partial charge is 0.355 e. The van der Waals surface area contributed by atoms with Crippen LogP contribution in [0.2, 0.25) is 0 Å². The number of benzene rings is 2. The number of carbonyl (C=O) groups excluding carboxylic acids is 1. The van der Waals surface area contributed by atoms with Crippen molar-refractivity contribution in [2.45, 2.75) is 6.18 Å². The first kappa shape index (κ1) is 14.8. The summed E-state index contributed by atoms with van der Waals surface area (Å²) in [7, 11) is 0. The van der Waals surface area contributed by atoms with Crippen molar-refractivity contribution in [3.05, 3.63) is 59.2 Å². The number of halogens is 3. The molecule has 2 rings (SSSR count). The molecule has 108 valence electrons. The van der Waals surface area contributed by atoms with Gasteiger partial charge >= 0.3 is 6.18 Å². The molecule has 2 aromatic rings. The Morgan fingerprint density at radius 3 is 2.24 bits per heavy atom. The number of rotatable bonds is 4. The molecule has 0 aliphatic rings. The monoisotopic (exact) mass is 292 g/mol. The van der Waals surface area contributed by atoms with Crippen LogP contribution in [0.4, 0.5) is 24.5 Å². The number of aldehydes is 1. The maximum absolute atomic E-state index is 12.5. The van der Waals surface area contributed by atoms with E-state index in [1.807, 2.05) is 0 Å². The van der Waals surface area contributed by atoms with Gasteiger partial charge in [-0.25, -0.2) is 0 Å². The third-order valence-electron chi connectivity index (χ3n) is 2.90. The molecule has 6 heteroatoms. The van der Waals surface area contributed by atoms with Crippen molar-refractivity contribution in [2.24, 2.45) is 0 Å². The zero-order valence-corrected chi connectivity index (χ0v) is 10.7. The van der Waals surface area contributed by atoms with E-state index in [0.29, 0.717) is 28.8 Å². The number of anilines is 2. The molecule has 2 aromatic carbocycles. The van der Waals surface area contributed by atoms with Gasteiger partial charge in [0.05, 0.1) is 5.56 Å². The summed E-state index contributed by atoms with van der Waals surface area (Å²) in [6, 6.07) is 9.36. The second kappa shape index (κ2) is 5.78. The van der Waals surface area contributed by atoms with Crippen LogP contribution in [-0.4, -0.2) is 12.5 Å². The molecule has 0 aliphatic heterocycles. The van der Waals surface area contributed by atoms with Crippen molar-refractivity contribution < 1.29 is 18.0 Å². The van der Waals surface area contributed by atoms with E-state index in [4.69, 9.17) is 5.41 Å². The number of hydrogen-bond acceptors (Lipinski definition) is 3. The first-order valence-electron chi connectivity index (χ1n) is 5.98. The molecule has 3 nitrogen and oxygen atoms in total. The third-order valence-corrected chi connectivity index (χ3v) is 2.90. The summed E-state index contributed by atoms with van der Waals surface area (Å²) in [5.74, 6) is 0. The molecule has 21 heavy (non-hydrogen) atoms. The van der Waals surface area contributed by atoms with E-state index in [1.165, 1.54) is 12.1 Å². The van der Waals surface area contributed by atoms with Crippen molar-refractivity contribution in [1.82, 2.24) is 0 Å². The summed E-state index contributed by atoms with van der Waals surface area (Å²) < 4.78 is 37.4. The second-order valence-electron chi connectivity index (χ2n) is 4.27. The lowest BCUT2D eigenvalue weighted by Gasteiger charge is -2.12. The van der Waals surface area contributed by atoms with Gasteiger partial charge in [0.2, 0.25) is 0 Å². The van der Waals surface area contributed by atoms with Crippen LogP contribution < -0.4 is 5.32 Å². The zero-order valence-electron chi connectivity index (χ0n) is 10.7. The minimum absolute atomic E-state index is 0.335. The molecular formula is C15H11F3N2O. The lowest BCUT2D eigenvalue weighted by molar-refractivity contribution is -0.137. The Kier molecular flexibility index (Phi) is 4.07. The Hall–Kier alpha value is -2.63. The van der Waals surface area contributed by atoms with Crippen LogP contribution in [0.1, 0.15) is 21.5 Å². The predicted octanol–water partition coefficient (Wildman–Crippen LogP) is 4.26. The van der Waals surface area contributed by atoms with Gasteiger partial charge in [-0.1, -0.05) is 12.1 Å². The fourth-order valence-electron chi connectivity index (χ4n) is 1.85. The topological polar surface area (TPSA) is 53.0 Å². The lowest BCUT2D eigenvalue weighted by atomic mass is 10.1. The van der Waals surface area contributed by atoms with E-state index in [-0.39, 0.29) is 0 Å². The van der Waals surface area contributed by atoms with Crippen LogP contribution in [-0.2, 0) is 6.18 Å². The maximum Gasteiger partial charge on any atom is 0.416 e. The van der Waals surface area contributed by atoms with Crippen LogP contribution in [0.3, 0.4) is 0 Å². The number of hydrogen-bond donors (Lipinski definition) is 2. The molecule has 2 N–H and O–H groups in total. The van der Waals surface area contributed by atoms with E-state index in [0.717, 1.165) is 18.3 Å². The Morgan fingerprint density at radius 2 is 1.71 bits per heavy atom. The summed E-state index contributed by atoms with van der Waals surface area (Å²) >= 11 is 0. The molecule has 0 fully saturated rings. The van der Waals surface area contributed by atoms with Crippen LogP contribution in [0.25, 0.3) is 0 Å². The summed E-state index contributed by atoms with van der Waals surface area (Å²) in [5, 5.41) is 10.2. The first-order chi connectivity index (χ1) is 9.95. The number of carbonyl (C=O) groups is 1. The Morgan fingerprint density at radius 1 is 1.05 bits per heavy atom. The SMILES string of the molecule is N=Cc1c(C=O)cccc1Nc1ccc(C(F)(F)F)cc1. The van der Waals surface area contributed by atoms with Crippen LogP contribution in [0.5, 0.6) is 0 Å². The van der Waals surface area contributed by atoms with Crippen LogP contribution in [0, 0.1) is 5.41 Å². The van der Waals surface area contributed by atoms with Crippen LogP contribution >= 0.6 is 0 Å². The summed E-state index contributed by atoms with van der Waals surface area (Å²) in [6.45, 7) is 0. The van der Waals surface area contributed by atoms with E-state index in [1.54, 1.807) is 18.2 Å². The molecule has 0 aromatic heterocycles. The molecule has 0 atom stereocenters. The quantitative estimate of drug-likeness (QED) is 0.653. The fraction of sp³-hybridized carbons (Fsp3) is 0.0667. The van der Waals surface area contributed by atoms with Gasteiger partial charge in [0, 0.05) is 28.7 Å². The van der Waals surface area contributed by atoms with Crippen molar-refractivity contribution in [2.75, 3.05) is 5.32 Å². The Labute approximate surface area is 118 Å². The van der Waals surface area contributed by atoms with E-state index in [2.05, 4.69) is 5.32 Å². The molecule has 0 heterocycles. The minimum Gasteiger partial charge on any atom is -0.355 e. The molecule has 0 saturated carbocycles. The normalized spacial score (nSPS) is 11.0. The molecule has 0 saturated heterocycles. The van der Waals surface area contributed by atoms with E-state index >= 15 is 0 Å². The van der Waals surface area contributed by atoms with Gasteiger partial charge in [0.15, 0.2) is 6.29 Å². The number of alkyl halides is 3. The molecular weight excluding hydrogens is 281 g/mol. The molecule has 0 aliphatic carbocycles. The number of nitrogens with one attached hydrogen (secondary N) is 2. The second-order valence-corrected chi connectivity index (χ2v) is 4.27. The van der Waals surface area contributed by atoms with Crippen molar-refractivity contribution in [3.63, 3.8) is 0 Å². The molecule has 0 spiro atoms. The first-order valence-corrected chi connectivity index (χ1v) is 5.98. The van der Waals surface area contributed by atoms with Gasteiger partial charge < -0.3 is 10.7 Å². The van der Waals surface area contributed by atoms with Gasteiger partial charge in [0.25, 0.3) is 0 Å². The minimum atomic E-state index is -4.38. The zero-order chi connectivity index (χ0) is 15.5. The highest BCUT2D eigenvalue weighted by Crippen LogP contribution is 2.30. The van der Waals surface area contributed by atoms with Gasteiger partial charge in [-0.05, 0) is 30.3 Å². The van der Waals surface area contributed by atoms with E-state index < -0.39 is 11.7 Å². The van der Waals surface area contributed by atoms with Crippen molar-refractivity contribution >= 4 is 23.9 Å². The average Bonchev–Trinajstić information content (AvgIpc) is 2.46. The maximum atomic E-state index is 12.5. The lowest BCUT2D eigenvalue weighted by Crippen LogP contribution is -2.05. The van der Waals surface area contributed by atoms with Crippen LogP contribution in [0.15, 0.2) is 42.5 Å². The molecule has 0 bridgehead atoms. The van der Waals surface area contributed by atoms with Gasteiger partial charge in [0.1, 0.15) is 0 Å². The third kappa shape index (κ3) is 3.28. The molecule has 0 radical (unpaired) electrons. The highest BCUT2D eigenvalue weighted by Gasteiger charge is 2.29. The highest BCUT2D eigenvalue weighted by atomic mass is 19.4. The van der Waals surface area contributed by atoms with Gasteiger partial charge in [-0.2, -0.15) is 13.2 Å². The van der Waals surface area contributed by atoms with Crippen molar-refractivity contribution in [1.29, 1.82) is 5.41 Å². The van der Waals surface area contributed by atoms with Gasteiger partial charge in [-0.3, -0.25) is 4.79 Å². The average molecular weight is 292 g/mol. The summed E-state index contributed by atoms with van der Waals surface area (Å²) in [6.07, 6.45) is -2.73. The Balaban J connectivity index is 2.30. The largest absolute Gasteiger partial charge is 0.416 e. The predicted molar refractivity (Wildman–Crippen MR) is 74.4 cm³/mol. The fourth-order valence-corrected chi connectivity index (χ4v) is 1.85.